The van der Waals surface area contributed by atoms with Crippen LogP contribution in [-0.2, 0) is 0 Å². The van der Waals surface area contributed by atoms with Crippen molar-refractivity contribution in [2.45, 2.75) is 26.9 Å². The SMILES string of the molecule is Cc1ccc(C)c(OC(C)CNc2ccc(Cl)cc2Cl)c1. The first-order valence-electron chi connectivity index (χ1n) is 6.88. The van der Waals surface area contributed by atoms with Gasteiger partial charge in [-0.05, 0) is 56.2 Å². The van der Waals surface area contributed by atoms with Gasteiger partial charge in [-0.25, -0.2) is 0 Å². The zero-order valence-corrected chi connectivity index (χ0v) is 13.9. The van der Waals surface area contributed by atoms with E-state index in [4.69, 9.17) is 27.9 Å². The number of nitrogens with one attached hydrogen (secondary N) is 1. The quantitative estimate of drug-likeness (QED) is 0.785. The summed E-state index contributed by atoms with van der Waals surface area (Å²) in [6.07, 6.45) is 0.0252. The number of hydrogen-bond acceptors (Lipinski definition) is 2. The van der Waals surface area contributed by atoms with Crippen molar-refractivity contribution in [3.63, 3.8) is 0 Å². The first kappa shape index (κ1) is 16.0. The molecule has 0 spiro atoms. The van der Waals surface area contributed by atoms with Crippen molar-refractivity contribution < 1.29 is 4.74 Å². The van der Waals surface area contributed by atoms with Crippen LogP contribution in [0.25, 0.3) is 0 Å². The van der Waals surface area contributed by atoms with Crippen LogP contribution in [0.15, 0.2) is 36.4 Å². The van der Waals surface area contributed by atoms with E-state index in [-0.39, 0.29) is 6.10 Å². The molecule has 0 bridgehead atoms. The minimum absolute atomic E-state index is 0.0252. The standard InChI is InChI=1S/C17H19Cl2NO/c1-11-4-5-12(2)17(8-11)21-13(3)10-20-16-7-6-14(18)9-15(16)19/h4-9,13,20H,10H2,1-3H3. The van der Waals surface area contributed by atoms with Gasteiger partial charge in [-0.2, -0.15) is 0 Å². The monoisotopic (exact) mass is 323 g/mol. The van der Waals surface area contributed by atoms with E-state index < -0.39 is 0 Å². The molecule has 0 radical (unpaired) electrons. The van der Waals surface area contributed by atoms with E-state index in [0.29, 0.717) is 16.6 Å². The maximum atomic E-state index is 6.13. The van der Waals surface area contributed by atoms with Crippen LogP contribution in [0.2, 0.25) is 10.0 Å². The lowest BCUT2D eigenvalue weighted by atomic mass is 10.1. The summed E-state index contributed by atoms with van der Waals surface area (Å²) >= 11 is 12.0. The molecule has 21 heavy (non-hydrogen) atoms. The number of aryl methyl sites for hydroxylation is 2. The van der Waals surface area contributed by atoms with Crippen LogP contribution in [0.4, 0.5) is 5.69 Å². The Kier molecular flexibility index (Phi) is 5.38. The Morgan fingerprint density at radius 2 is 1.86 bits per heavy atom. The van der Waals surface area contributed by atoms with Gasteiger partial charge in [0.25, 0.3) is 0 Å². The Morgan fingerprint density at radius 1 is 1.10 bits per heavy atom. The minimum atomic E-state index is 0.0252. The lowest BCUT2D eigenvalue weighted by molar-refractivity contribution is 0.233. The summed E-state index contributed by atoms with van der Waals surface area (Å²) in [6, 6.07) is 11.6. The molecule has 0 saturated heterocycles. The molecule has 2 nitrogen and oxygen atoms in total. The average Bonchev–Trinajstić information content (AvgIpc) is 2.42. The first-order valence-corrected chi connectivity index (χ1v) is 7.64. The van der Waals surface area contributed by atoms with Gasteiger partial charge in [-0.3, -0.25) is 0 Å². The number of hydrogen-bond donors (Lipinski definition) is 1. The Balaban J connectivity index is 1.95. The van der Waals surface area contributed by atoms with Crippen LogP contribution in [0.1, 0.15) is 18.1 Å². The second-order valence-corrected chi connectivity index (χ2v) is 6.05. The summed E-state index contributed by atoms with van der Waals surface area (Å²) in [5.74, 6) is 0.923. The number of anilines is 1. The van der Waals surface area contributed by atoms with E-state index in [1.807, 2.05) is 26.0 Å². The van der Waals surface area contributed by atoms with E-state index in [0.717, 1.165) is 17.0 Å². The molecule has 0 aliphatic heterocycles. The van der Waals surface area contributed by atoms with E-state index in [9.17, 15) is 0 Å². The third-order valence-electron chi connectivity index (χ3n) is 3.18. The molecule has 1 atom stereocenters. The smallest absolute Gasteiger partial charge is 0.122 e. The molecule has 2 aromatic carbocycles. The second-order valence-electron chi connectivity index (χ2n) is 5.20. The Bertz CT molecular complexity index is 628. The van der Waals surface area contributed by atoms with Gasteiger partial charge in [-0.15, -0.1) is 0 Å². The molecule has 1 unspecified atom stereocenters. The predicted molar refractivity (Wildman–Crippen MR) is 91.0 cm³/mol. The summed E-state index contributed by atoms with van der Waals surface area (Å²) in [4.78, 5) is 0. The van der Waals surface area contributed by atoms with Gasteiger partial charge < -0.3 is 10.1 Å². The third-order valence-corrected chi connectivity index (χ3v) is 3.73. The molecule has 112 valence electrons. The Hall–Kier alpha value is -1.38. The van der Waals surface area contributed by atoms with Crippen LogP contribution < -0.4 is 10.1 Å². The molecule has 2 aromatic rings. The number of ether oxygens (including phenoxy) is 1. The van der Waals surface area contributed by atoms with Crippen molar-refractivity contribution >= 4 is 28.9 Å². The highest BCUT2D eigenvalue weighted by Crippen LogP contribution is 2.26. The van der Waals surface area contributed by atoms with Crippen LogP contribution >= 0.6 is 23.2 Å². The minimum Gasteiger partial charge on any atom is -0.489 e. The van der Waals surface area contributed by atoms with Gasteiger partial charge in [0, 0.05) is 5.02 Å². The lowest BCUT2D eigenvalue weighted by Crippen LogP contribution is -2.23. The predicted octanol–water partition coefficient (Wildman–Crippen LogP) is 5.49. The molecular formula is C17H19Cl2NO. The van der Waals surface area contributed by atoms with Crippen LogP contribution in [0.5, 0.6) is 5.75 Å². The lowest BCUT2D eigenvalue weighted by Gasteiger charge is -2.18. The molecule has 0 aromatic heterocycles. The highest BCUT2D eigenvalue weighted by Gasteiger charge is 2.08. The Morgan fingerprint density at radius 3 is 2.57 bits per heavy atom. The second kappa shape index (κ2) is 7.06. The van der Waals surface area contributed by atoms with Gasteiger partial charge in [0.2, 0.25) is 0 Å². The van der Waals surface area contributed by atoms with E-state index >= 15 is 0 Å². The van der Waals surface area contributed by atoms with E-state index in [2.05, 4.69) is 30.4 Å². The van der Waals surface area contributed by atoms with Crippen molar-refractivity contribution in [1.29, 1.82) is 0 Å². The summed E-state index contributed by atoms with van der Waals surface area (Å²) in [5, 5.41) is 4.52. The van der Waals surface area contributed by atoms with E-state index in [1.165, 1.54) is 5.56 Å². The van der Waals surface area contributed by atoms with Gasteiger partial charge >= 0.3 is 0 Å². The fourth-order valence-corrected chi connectivity index (χ4v) is 2.45. The summed E-state index contributed by atoms with van der Waals surface area (Å²) in [6.45, 7) is 6.79. The average molecular weight is 324 g/mol. The van der Waals surface area contributed by atoms with Crippen LogP contribution in [0, 0.1) is 13.8 Å². The van der Waals surface area contributed by atoms with Gasteiger partial charge in [0.1, 0.15) is 11.9 Å². The van der Waals surface area contributed by atoms with Crippen molar-refractivity contribution in [1.82, 2.24) is 0 Å². The van der Waals surface area contributed by atoms with Crippen molar-refractivity contribution in [2.75, 3.05) is 11.9 Å². The number of benzene rings is 2. The maximum Gasteiger partial charge on any atom is 0.122 e. The maximum absolute atomic E-state index is 6.13. The zero-order valence-electron chi connectivity index (χ0n) is 12.4. The molecule has 0 aliphatic rings. The largest absolute Gasteiger partial charge is 0.489 e. The topological polar surface area (TPSA) is 21.3 Å². The molecular weight excluding hydrogens is 305 g/mol. The third kappa shape index (κ3) is 4.55. The highest BCUT2D eigenvalue weighted by molar-refractivity contribution is 6.36. The van der Waals surface area contributed by atoms with Crippen molar-refractivity contribution in [3.8, 4) is 5.75 Å². The number of rotatable bonds is 5. The molecule has 0 aliphatic carbocycles. The summed E-state index contributed by atoms with van der Waals surface area (Å²) in [5.41, 5.74) is 3.19. The molecule has 0 heterocycles. The molecule has 4 heteroatoms. The molecule has 2 rings (SSSR count). The first-order chi connectivity index (χ1) is 9.95. The molecule has 1 N–H and O–H groups in total. The van der Waals surface area contributed by atoms with Crippen LogP contribution in [0.3, 0.4) is 0 Å². The fraction of sp³-hybridized carbons (Fsp3) is 0.294. The molecule has 0 amide bonds. The van der Waals surface area contributed by atoms with Crippen molar-refractivity contribution in [2.24, 2.45) is 0 Å². The number of halogens is 2. The highest BCUT2D eigenvalue weighted by atomic mass is 35.5. The summed E-state index contributed by atoms with van der Waals surface area (Å²) in [7, 11) is 0. The Labute approximate surface area is 136 Å². The van der Waals surface area contributed by atoms with Crippen LogP contribution in [-0.4, -0.2) is 12.6 Å². The zero-order chi connectivity index (χ0) is 15.4. The van der Waals surface area contributed by atoms with Crippen molar-refractivity contribution in [3.05, 3.63) is 57.6 Å². The summed E-state index contributed by atoms with van der Waals surface area (Å²) < 4.78 is 5.98. The van der Waals surface area contributed by atoms with Gasteiger partial charge in [0.05, 0.1) is 17.3 Å². The normalized spacial score (nSPS) is 12.0. The van der Waals surface area contributed by atoms with E-state index in [1.54, 1.807) is 6.07 Å². The molecule has 0 fully saturated rings. The van der Waals surface area contributed by atoms with Gasteiger partial charge in [-0.1, -0.05) is 35.3 Å². The van der Waals surface area contributed by atoms with Gasteiger partial charge in [0.15, 0.2) is 0 Å². The fourth-order valence-electron chi connectivity index (χ4n) is 1.98. The molecule has 0 saturated carbocycles.